The fourth-order valence-electron chi connectivity index (χ4n) is 2.90. The van der Waals surface area contributed by atoms with Crippen LogP contribution < -0.4 is 5.32 Å². The first-order chi connectivity index (χ1) is 13.5. The van der Waals surface area contributed by atoms with E-state index in [1.807, 2.05) is 37.3 Å². The van der Waals surface area contributed by atoms with E-state index in [1.165, 1.54) is 10.3 Å². The summed E-state index contributed by atoms with van der Waals surface area (Å²) in [7, 11) is 0. The molecule has 0 atom stereocenters. The van der Waals surface area contributed by atoms with Crippen molar-refractivity contribution < 1.29 is 4.79 Å². The lowest BCUT2D eigenvalue weighted by molar-refractivity contribution is -0.116. The number of hydrogen-bond donors (Lipinski definition) is 1. The lowest BCUT2D eigenvalue weighted by Gasteiger charge is -2.06. The number of thiazole rings is 1. The van der Waals surface area contributed by atoms with Crippen molar-refractivity contribution >= 4 is 44.7 Å². The van der Waals surface area contributed by atoms with Gasteiger partial charge in [0.1, 0.15) is 5.01 Å². The van der Waals surface area contributed by atoms with E-state index < -0.39 is 0 Å². The van der Waals surface area contributed by atoms with E-state index in [0.717, 1.165) is 27.5 Å². The van der Waals surface area contributed by atoms with Crippen molar-refractivity contribution in [3.63, 3.8) is 0 Å². The molecule has 0 aliphatic heterocycles. The minimum absolute atomic E-state index is 0.0625. The third kappa shape index (κ3) is 4.08. The minimum Gasteiger partial charge on any atom is -0.326 e. The van der Waals surface area contributed by atoms with Gasteiger partial charge in [-0.2, -0.15) is 5.10 Å². The highest BCUT2D eigenvalue weighted by Crippen LogP contribution is 2.31. The van der Waals surface area contributed by atoms with Gasteiger partial charge in [-0.25, -0.2) is 4.98 Å². The Morgan fingerprint density at radius 1 is 1.18 bits per heavy atom. The van der Waals surface area contributed by atoms with Gasteiger partial charge in [-0.05, 0) is 55.8 Å². The van der Waals surface area contributed by atoms with E-state index in [-0.39, 0.29) is 5.91 Å². The van der Waals surface area contributed by atoms with E-state index in [0.29, 0.717) is 18.0 Å². The maximum absolute atomic E-state index is 12.2. The van der Waals surface area contributed by atoms with Gasteiger partial charge in [-0.15, -0.1) is 11.3 Å². The largest absolute Gasteiger partial charge is 0.326 e. The van der Waals surface area contributed by atoms with E-state index in [4.69, 9.17) is 16.6 Å². The summed E-state index contributed by atoms with van der Waals surface area (Å²) in [6, 6.07) is 14.0. The van der Waals surface area contributed by atoms with Crippen LogP contribution in [0.2, 0.25) is 5.02 Å². The number of nitrogens with one attached hydrogen (secondary N) is 1. The Balaban J connectivity index is 1.40. The third-order valence-electron chi connectivity index (χ3n) is 4.41. The Kier molecular flexibility index (Phi) is 5.15. The highest BCUT2D eigenvalue weighted by molar-refractivity contribution is 7.21. The maximum atomic E-state index is 12.2. The quantitative estimate of drug-likeness (QED) is 0.475. The summed E-state index contributed by atoms with van der Waals surface area (Å²) in [5.41, 5.74) is 4.81. The van der Waals surface area contributed by atoms with Crippen molar-refractivity contribution in [3.05, 3.63) is 64.9 Å². The number of nitrogens with zero attached hydrogens (tertiary/aromatic N) is 3. The van der Waals surface area contributed by atoms with Crippen molar-refractivity contribution in [3.8, 4) is 10.6 Å². The highest BCUT2D eigenvalue weighted by atomic mass is 35.5. The second kappa shape index (κ2) is 7.73. The Bertz CT molecular complexity index is 1130. The molecule has 5 nitrogen and oxygen atoms in total. The summed E-state index contributed by atoms with van der Waals surface area (Å²) in [5.74, 6) is -0.0625. The predicted octanol–water partition coefficient (Wildman–Crippen LogP) is 5.46. The Labute approximate surface area is 172 Å². The molecule has 0 bridgehead atoms. The highest BCUT2D eigenvalue weighted by Gasteiger charge is 2.09. The molecule has 0 aliphatic carbocycles. The summed E-state index contributed by atoms with van der Waals surface area (Å²) in [4.78, 5) is 16.9. The van der Waals surface area contributed by atoms with Gasteiger partial charge >= 0.3 is 0 Å². The van der Waals surface area contributed by atoms with Gasteiger partial charge in [0.25, 0.3) is 0 Å². The second-order valence-electron chi connectivity index (χ2n) is 6.69. The molecule has 0 saturated carbocycles. The molecule has 0 fully saturated rings. The zero-order valence-corrected chi connectivity index (χ0v) is 17.1. The number of carbonyl (C=O) groups is 1. The predicted molar refractivity (Wildman–Crippen MR) is 115 cm³/mol. The molecule has 0 radical (unpaired) electrons. The number of rotatable bonds is 5. The summed E-state index contributed by atoms with van der Waals surface area (Å²) in [5, 5.41) is 8.76. The number of halogens is 1. The van der Waals surface area contributed by atoms with Gasteiger partial charge in [0.2, 0.25) is 5.91 Å². The van der Waals surface area contributed by atoms with Crippen molar-refractivity contribution in [2.24, 2.45) is 0 Å². The average Bonchev–Trinajstić information content (AvgIpc) is 3.23. The molecule has 0 saturated heterocycles. The average molecular weight is 411 g/mol. The molecule has 0 unspecified atom stereocenters. The van der Waals surface area contributed by atoms with Crippen LogP contribution >= 0.6 is 22.9 Å². The van der Waals surface area contributed by atoms with Crippen LogP contribution in [0.1, 0.15) is 17.7 Å². The maximum Gasteiger partial charge on any atom is 0.226 e. The second-order valence-corrected chi connectivity index (χ2v) is 8.13. The van der Waals surface area contributed by atoms with Gasteiger partial charge in [0.05, 0.1) is 20.9 Å². The fraction of sp³-hybridized carbons (Fsp3) is 0.190. The Morgan fingerprint density at radius 2 is 1.96 bits per heavy atom. The molecule has 0 aliphatic rings. The smallest absolute Gasteiger partial charge is 0.226 e. The van der Waals surface area contributed by atoms with E-state index in [9.17, 15) is 4.79 Å². The number of aromatic nitrogens is 3. The number of hydrogen-bond acceptors (Lipinski definition) is 4. The zero-order chi connectivity index (χ0) is 19.7. The number of fused-ring (bicyclic) bond motifs is 1. The van der Waals surface area contributed by atoms with Gasteiger partial charge < -0.3 is 5.32 Å². The van der Waals surface area contributed by atoms with Gasteiger partial charge in [-0.3, -0.25) is 9.48 Å². The summed E-state index contributed by atoms with van der Waals surface area (Å²) >= 11 is 7.66. The Morgan fingerprint density at radius 3 is 2.68 bits per heavy atom. The SMILES string of the molecule is Cc1ccc2nc(-c3ccc(NC(=O)CCn4cc(Cl)c(C)n4)cc3)sc2c1. The molecule has 2 aromatic carbocycles. The van der Waals surface area contributed by atoms with Crippen LogP contribution in [0, 0.1) is 13.8 Å². The number of amides is 1. The van der Waals surface area contributed by atoms with Crippen LogP contribution in [0.5, 0.6) is 0 Å². The molecule has 2 aromatic heterocycles. The number of aryl methyl sites for hydroxylation is 3. The summed E-state index contributed by atoms with van der Waals surface area (Å²) < 4.78 is 2.87. The first-order valence-corrected chi connectivity index (χ1v) is 10.1. The van der Waals surface area contributed by atoms with Crippen LogP contribution in [-0.4, -0.2) is 20.7 Å². The van der Waals surface area contributed by atoms with Crippen LogP contribution in [0.3, 0.4) is 0 Å². The van der Waals surface area contributed by atoms with Gasteiger partial charge in [-0.1, -0.05) is 17.7 Å². The molecule has 4 rings (SSSR count). The van der Waals surface area contributed by atoms with Gasteiger partial charge in [0, 0.05) is 30.4 Å². The molecule has 1 amide bonds. The minimum atomic E-state index is -0.0625. The van der Waals surface area contributed by atoms with Crippen molar-refractivity contribution in [2.75, 3.05) is 5.32 Å². The molecular formula is C21H19ClN4OS. The lowest BCUT2D eigenvalue weighted by atomic mass is 10.2. The van der Waals surface area contributed by atoms with Gasteiger partial charge in [0.15, 0.2) is 0 Å². The molecule has 142 valence electrons. The first-order valence-electron chi connectivity index (χ1n) is 8.95. The van der Waals surface area contributed by atoms with E-state index in [1.54, 1.807) is 22.2 Å². The summed E-state index contributed by atoms with van der Waals surface area (Å²) in [6.07, 6.45) is 2.06. The lowest BCUT2D eigenvalue weighted by Crippen LogP contribution is -2.14. The molecule has 1 N–H and O–H groups in total. The first kappa shape index (κ1) is 18.7. The monoisotopic (exact) mass is 410 g/mol. The third-order valence-corrected chi connectivity index (χ3v) is 5.85. The molecule has 0 spiro atoms. The van der Waals surface area contributed by atoms with Crippen LogP contribution in [-0.2, 0) is 11.3 Å². The molecule has 7 heteroatoms. The van der Waals surface area contributed by atoms with Crippen molar-refractivity contribution in [1.82, 2.24) is 14.8 Å². The number of carbonyl (C=O) groups excluding carboxylic acids is 1. The van der Waals surface area contributed by atoms with E-state index >= 15 is 0 Å². The van der Waals surface area contributed by atoms with Crippen molar-refractivity contribution in [1.29, 1.82) is 0 Å². The molecule has 4 aromatic rings. The Hall–Kier alpha value is -2.70. The van der Waals surface area contributed by atoms with E-state index in [2.05, 4.69) is 29.5 Å². The van der Waals surface area contributed by atoms with Crippen molar-refractivity contribution in [2.45, 2.75) is 26.8 Å². The molecule has 2 heterocycles. The normalized spacial score (nSPS) is 11.1. The standard InChI is InChI=1S/C21H19ClN4OS/c1-13-3-8-18-19(11-13)28-21(24-18)15-4-6-16(7-5-15)23-20(27)9-10-26-12-17(22)14(2)25-26/h3-8,11-12H,9-10H2,1-2H3,(H,23,27). The topological polar surface area (TPSA) is 59.8 Å². The zero-order valence-electron chi connectivity index (χ0n) is 15.6. The summed E-state index contributed by atoms with van der Waals surface area (Å²) in [6.45, 7) is 4.41. The van der Waals surface area contributed by atoms with Crippen LogP contribution in [0.4, 0.5) is 5.69 Å². The molecular weight excluding hydrogens is 392 g/mol. The fourth-order valence-corrected chi connectivity index (χ4v) is 4.12. The molecule has 28 heavy (non-hydrogen) atoms. The number of anilines is 1. The number of benzene rings is 2. The van der Waals surface area contributed by atoms with Crippen LogP contribution in [0.25, 0.3) is 20.8 Å². The van der Waals surface area contributed by atoms with Crippen LogP contribution in [0.15, 0.2) is 48.7 Å².